The zero-order valence-corrected chi connectivity index (χ0v) is 16.7. The maximum atomic E-state index is 12.7. The van der Waals surface area contributed by atoms with Crippen molar-refractivity contribution in [3.05, 3.63) is 75.8 Å². The van der Waals surface area contributed by atoms with Crippen molar-refractivity contribution in [3.8, 4) is 10.6 Å². The van der Waals surface area contributed by atoms with Crippen molar-refractivity contribution in [3.63, 3.8) is 0 Å². The number of Topliss-reactive ketones (excluding diaryl/α,β-unsaturated/α-hetero) is 1. The lowest BCUT2D eigenvalue weighted by molar-refractivity contribution is 0.0322. The van der Waals surface area contributed by atoms with Gasteiger partial charge in [0.25, 0.3) is 0 Å². The van der Waals surface area contributed by atoms with Crippen LogP contribution in [-0.4, -0.2) is 22.8 Å². The van der Waals surface area contributed by atoms with Crippen molar-refractivity contribution in [1.29, 1.82) is 0 Å². The fourth-order valence-electron chi connectivity index (χ4n) is 3.52. The minimum absolute atomic E-state index is 0.173. The van der Waals surface area contributed by atoms with E-state index in [1.165, 1.54) is 22.5 Å². The van der Waals surface area contributed by atoms with Crippen molar-refractivity contribution < 1.29 is 14.3 Å². The molecule has 0 saturated carbocycles. The van der Waals surface area contributed by atoms with Gasteiger partial charge in [0.05, 0.1) is 5.69 Å². The summed E-state index contributed by atoms with van der Waals surface area (Å²) in [6.07, 6.45) is 2.37. The molecule has 0 N–H and O–H groups in total. The van der Waals surface area contributed by atoms with Crippen LogP contribution < -0.4 is 0 Å². The first-order valence-electron chi connectivity index (χ1n) is 9.43. The molecule has 3 aromatic rings. The van der Waals surface area contributed by atoms with Gasteiger partial charge in [0, 0.05) is 11.1 Å². The molecular weight excluding hydrogens is 370 g/mol. The number of ketones is 1. The molecule has 1 aliphatic rings. The SMILES string of the molecule is Cc1nc(-c2ccccc2)sc1C(=O)O[C@@H](C)C(=O)c1ccc2c(c1)CCC2. The van der Waals surface area contributed by atoms with Crippen LogP contribution in [-0.2, 0) is 17.6 Å². The summed E-state index contributed by atoms with van der Waals surface area (Å²) >= 11 is 1.29. The van der Waals surface area contributed by atoms with Crippen molar-refractivity contribution in [2.24, 2.45) is 0 Å². The van der Waals surface area contributed by atoms with Crippen LogP contribution in [0.25, 0.3) is 10.6 Å². The van der Waals surface area contributed by atoms with Crippen LogP contribution in [0.5, 0.6) is 0 Å². The van der Waals surface area contributed by atoms with E-state index in [1.807, 2.05) is 48.5 Å². The largest absolute Gasteiger partial charge is 0.450 e. The number of benzene rings is 2. The zero-order valence-electron chi connectivity index (χ0n) is 15.9. The molecule has 1 heterocycles. The Bertz CT molecular complexity index is 1040. The molecule has 0 radical (unpaired) electrons. The number of carbonyl (C=O) groups is 2. The summed E-state index contributed by atoms with van der Waals surface area (Å²) in [7, 11) is 0. The molecule has 0 saturated heterocycles. The summed E-state index contributed by atoms with van der Waals surface area (Å²) in [4.78, 5) is 30.3. The first-order valence-corrected chi connectivity index (χ1v) is 10.2. The van der Waals surface area contributed by atoms with Gasteiger partial charge in [0.15, 0.2) is 6.10 Å². The van der Waals surface area contributed by atoms with Crippen LogP contribution in [0, 0.1) is 6.92 Å². The summed E-state index contributed by atoms with van der Waals surface area (Å²) in [6.45, 7) is 3.41. The van der Waals surface area contributed by atoms with Crippen LogP contribution in [0.4, 0.5) is 0 Å². The number of ether oxygens (including phenoxy) is 1. The highest BCUT2D eigenvalue weighted by atomic mass is 32.1. The highest BCUT2D eigenvalue weighted by molar-refractivity contribution is 7.17. The third kappa shape index (κ3) is 3.62. The Kier molecular flexibility index (Phi) is 5.09. The average Bonchev–Trinajstić information content (AvgIpc) is 3.33. The molecule has 4 rings (SSSR count). The second-order valence-corrected chi connectivity index (χ2v) is 8.05. The second kappa shape index (κ2) is 7.68. The number of fused-ring (bicyclic) bond motifs is 1. The molecule has 4 nitrogen and oxygen atoms in total. The number of hydrogen-bond acceptors (Lipinski definition) is 5. The van der Waals surface area contributed by atoms with Crippen LogP contribution in [0.2, 0.25) is 0 Å². The van der Waals surface area contributed by atoms with Gasteiger partial charge in [0.1, 0.15) is 9.88 Å². The van der Waals surface area contributed by atoms with Crippen molar-refractivity contribution >= 4 is 23.1 Å². The van der Waals surface area contributed by atoms with Crippen molar-refractivity contribution in [1.82, 2.24) is 4.98 Å². The predicted molar refractivity (Wildman–Crippen MR) is 110 cm³/mol. The maximum absolute atomic E-state index is 12.7. The summed E-state index contributed by atoms with van der Waals surface area (Å²) in [5.74, 6) is -0.673. The van der Waals surface area contributed by atoms with Gasteiger partial charge in [-0.05, 0) is 50.3 Å². The van der Waals surface area contributed by atoms with E-state index in [4.69, 9.17) is 4.74 Å². The monoisotopic (exact) mass is 391 g/mol. The van der Waals surface area contributed by atoms with Crippen LogP contribution >= 0.6 is 11.3 Å². The molecule has 1 aromatic heterocycles. The number of thiazole rings is 1. The number of hydrogen-bond donors (Lipinski definition) is 0. The zero-order chi connectivity index (χ0) is 19.7. The van der Waals surface area contributed by atoms with Crippen molar-refractivity contribution in [2.75, 3.05) is 0 Å². The second-order valence-electron chi connectivity index (χ2n) is 7.05. The summed E-state index contributed by atoms with van der Waals surface area (Å²) in [5, 5.41) is 0.766. The molecule has 0 unspecified atom stereocenters. The normalized spacial score (nSPS) is 13.8. The minimum atomic E-state index is -0.839. The Morgan fingerprint density at radius 2 is 1.82 bits per heavy atom. The Morgan fingerprint density at radius 1 is 1.07 bits per heavy atom. The third-order valence-electron chi connectivity index (χ3n) is 5.04. The van der Waals surface area contributed by atoms with Gasteiger partial charge >= 0.3 is 5.97 Å². The first kappa shape index (κ1) is 18.6. The quantitative estimate of drug-likeness (QED) is 0.452. The van der Waals surface area contributed by atoms with Crippen LogP contribution in [0.15, 0.2) is 48.5 Å². The molecule has 0 bridgehead atoms. The molecule has 5 heteroatoms. The molecule has 1 aliphatic carbocycles. The van der Waals surface area contributed by atoms with Gasteiger partial charge in [-0.1, -0.05) is 42.5 Å². The van der Waals surface area contributed by atoms with E-state index in [0.29, 0.717) is 16.1 Å². The van der Waals surface area contributed by atoms with Gasteiger partial charge in [-0.15, -0.1) is 11.3 Å². The van der Waals surface area contributed by atoms with Gasteiger partial charge in [0.2, 0.25) is 5.78 Å². The number of esters is 1. The van der Waals surface area contributed by atoms with Gasteiger partial charge in [-0.25, -0.2) is 9.78 Å². The lowest BCUT2D eigenvalue weighted by atomic mass is 10.0. The fraction of sp³-hybridized carbons (Fsp3) is 0.261. The Labute approximate surface area is 168 Å². The highest BCUT2D eigenvalue weighted by Crippen LogP contribution is 2.29. The molecule has 0 spiro atoms. The molecule has 2 aromatic carbocycles. The summed E-state index contributed by atoms with van der Waals surface area (Å²) in [6, 6.07) is 15.5. The smallest absolute Gasteiger partial charge is 0.350 e. The lowest BCUT2D eigenvalue weighted by Gasteiger charge is -2.12. The summed E-state index contributed by atoms with van der Waals surface area (Å²) < 4.78 is 5.48. The van der Waals surface area contributed by atoms with E-state index in [2.05, 4.69) is 4.98 Å². The van der Waals surface area contributed by atoms with E-state index in [1.54, 1.807) is 13.8 Å². The number of aryl methyl sites for hydroxylation is 3. The number of aromatic nitrogens is 1. The average molecular weight is 391 g/mol. The topological polar surface area (TPSA) is 56.3 Å². The van der Waals surface area contributed by atoms with Crippen LogP contribution in [0.3, 0.4) is 0 Å². The number of rotatable bonds is 5. The molecule has 0 amide bonds. The molecule has 28 heavy (non-hydrogen) atoms. The molecule has 0 aliphatic heterocycles. The van der Waals surface area contributed by atoms with Gasteiger partial charge in [-0.2, -0.15) is 0 Å². The highest BCUT2D eigenvalue weighted by Gasteiger charge is 2.25. The maximum Gasteiger partial charge on any atom is 0.350 e. The Morgan fingerprint density at radius 3 is 2.61 bits per heavy atom. The van der Waals surface area contributed by atoms with Crippen LogP contribution in [0.1, 0.15) is 50.2 Å². The lowest BCUT2D eigenvalue weighted by Crippen LogP contribution is -2.24. The Balaban J connectivity index is 1.49. The minimum Gasteiger partial charge on any atom is -0.450 e. The van der Waals surface area contributed by atoms with Gasteiger partial charge in [-0.3, -0.25) is 4.79 Å². The molecule has 142 valence electrons. The van der Waals surface area contributed by atoms with E-state index in [-0.39, 0.29) is 5.78 Å². The third-order valence-corrected chi connectivity index (χ3v) is 6.23. The van der Waals surface area contributed by atoms with Crippen molar-refractivity contribution in [2.45, 2.75) is 39.2 Å². The molecular formula is C23H21NO3S. The fourth-order valence-corrected chi connectivity index (χ4v) is 4.47. The van der Waals surface area contributed by atoms with Gasteiger partial charge < -0.3 is 4.74 Å². The Hall–Kier alpha value is -2.79. The first-order chi connectivity index (χ1) is 13.5. The summed E-state index contributed by atoms with van der Waals surface area (Å²) in [5.41, 5.74) is 4.72. The predicted octanol–water partition coefficient (Wildman–Crippen LogP) is 5.04. The standard InChI is InChI=1S/C23H21NO3S/c1-14-21(28-22(24-14)17-7-4-3-5-8-17)23(26)27-15(2)20(25)19-12-11-16-9-6-10-18(16)13-19/h3-5,7-8,11-13,15H,6,9-10H2,1-2H3/t15-/m0/s1. The molecule has 1 atom stereocenters. The van der Waals surface area contributed by atoms with E-state index in [0.717, 1.165) is 29.8 Å². The molecule has 0 fully saturated rings. The van der Waals surface area contributed by atoms with E-state index in [9.17, 15) is 9.59 Å². The number of carbonyl (C=O) groups excluding carboxylic acids is 2. The van der Waals surface area contributed by atoms with E-state index < -0.39 is 12.1 Å². The van der Waals surface area contributed by atoms with E-state index >= 15 is 0 Å². The number of nitrogens with zero attached hydrogens (tertiary/aromatic N) is 1.